The molecular weight excluding hydrogens is 366 g/mol. The van der Waals surface area contributed by atoms with Gasteiger partial charge < -0.3 is 0 Å². The zero-order valence-corrected chi connectivity index (χ0v) is 15.8. The van der Waals surface area contributed by atoms with Crippen molar-refractivity contribution in [2.75, 3.05) is 0 Å². The van der Waals surface area contributed by atoms with Crippen LogP contribution in [0.4, 0.5) is 0 Å². The Labute approximate surface area is 154 Å². The van der Waals surface area contributed by atoms with Gasteiger partial charge in [0.1, 0.15) is 0 Å². The van der Waals surface area contributed by atoms with Gasteiger partial charge in [-0.1, -0.05) is 0 Å². The number of imidazole rings is 1. The van der Waals surface area contributed by atoms with Gasteiger partial charge in [0, 0.05) is 0 Å². The van der Waals surface area contributed by atoms with Crippen LogP contribution in [0.3, 0.4) is 0 Å². The molecule has 0 bridgehead atoms. The molecular formula is C20H13GaN4. The molecule has 0 spiro atoms. The first-order chi connectivity index (χ1) is 12.3. The van der Waals surface area contributed by atoms with Crippen LogP contribution in [0.15, 0.2) is 79.0 Å². The van der Waals surface area contributed by atoms with Crippen LogP contribution in [0.1, 0.15) is 0 Å². The Kier molecular flexibility index (Phi) is 3.29. The van der Waals surface area contributed by atoms with Gasteiger partial charge in [0.25, 0.3) is 0 Å². The SMILES string of the molecule is [Ga][n]1c(-c2nc3cccnc3n2-c2ccccc2)cc2ccccc21. The number of aromatic nitrogens is 4. The third-order valence-corrected chi connectivity index (χ3v) is 5.57. The van der Waals surface area contributed by atoms with Crippen LogP contribution in [0.25, 0.3) is 39.3 Å². The van der Waals surface area contributed by atoms with E-state index in [4.69, 9.17) is 4.98 Å². The standard InChI is InChI=1S/C20H13N4.Ga/c1-2-8-15(9-3-1)24-19-17(11-6-12-21-19)23-20(24)18-13-14-7-4-5-10-16(14)22-18;/h1-13H;/q-1;+1. The van der Waals surface area contributed by atoms with E-state index in [1.807, 2.05) is 36.5 Å². The van der Waals surface area contributed by atoms with Crippen molar-refractivity contribution >= 4 is 40.9 Å². The van der Waals surface area contributed by atoms with Crippen molar-refractivity contribution < 1.29 is 0 Å². The van der Waals surface area contributed by atoms with Gasteiger partial charge in [-0.25, -0.2) is 0 Å². The minimum absolute atomic E-state index is 0.876. The average Bonchev–Trinajstić information content (AvgIpc) is 3.21. The maximum atomic E-state index is 4.91. The number of fused-ring (bicyclic) bond motifs is 2. The summed E-state index contributed by atoms with van der Waals surface area (Å²) in [5.74, 6) is 0.917. The van der Waals surface area contributed by atoms with Crippen LogP contribution in [-0.4, -0.2) is 36.6 Å². The molecule has 5 heteroatoms. The summed E-state index contributed by atoms with van der Waals surface area (Å²) in [6.45, 7) is 0. The van der Waals surface area contributed by atoms with Crippen molar-refractivity contribution in [2.45, 2.75) is 0 Å². The molecule has 5 aromatic rings. The summed E-state index contributed by atoms with van der Waals surface area (Å²) < 4.78 is 4.39. The number of rotatable bonds is 2. The Balaban J connectivity index is 1.88. The summed E-state index contributed by atoms with van der Waals surface area (Å²) in [4.78, 5) is 9.49. The van der Waals surface area contributed by atoms with Gasteiger partial charge in [-0.2, -0.15) is 0 Å². The number of pyridine rings is 1. The quantitative estimate of drug-likeness (QED) is 0.435. The van der Waals surface area contributed by atoms with Gasteiger partial charge >= 0.3 is 155 Å². The van der Waals surface area contributed by atoms with Crippen LogP contribution in [0.2, 0.25) is 0 Å². The molecule has 3 heterocycles. The monoisotopic (exact) mass is 378 g/mol. The fraction of sp³-hybridized carbons (Fsp3) is 0. The molecule has 0 amide bonds. The zero-order chi connectivity index (χ0) is 16.8. The van der Waals surface area contributed by atoms with Gasteiger partial charge in [-0.3, -0.25) is 0 Å². The number of hydrogen-bond donors (Lipinski definition) is 0. The second-order valence-electron chi connectivity index (χ2n) is 5.91. The molecule has 0 saturated heterocycles. The third-order valence-electron chi connectivity index (χ3n) is 4.41. The third kappa shape index (κ3) is 2.24. The minimum atomic E-state index is 0.876. The van der Waals surface area contributed by atoms with Crippen molar-refractivity contribution in [1.29, 1.82) is 0 Å². The van der Waals surface area contributed by atoms with Crippen molar-refractivity contribution in [3.8, 4) is 17.2 Å². The van der Waals surface area contributed by atoms with E-state index in [1.54, 1.807) is 18.8 Å². The van der Waals surface area contributed by atoms with E-state index in [2.05, 4.69) is 55.3 Å². The fourth-order valence-corrected chi connectivity index (χ4v) is 4.15. The summed E-state index contributed by atoms with van der Waals surface area (Å²) in [5.41, 5.74) is 5.16. The van der Waals surface area contributed by atoms with Crippen molar-refractivity contribution in [2.24, 2.45) is 0 Å². The van der Waals surface area contributed by atoms with Crippen LogP contribution in [-0.2, 0) is 0 Å². The van der Waals surface area contributed by atoms with E-state index in [9.17, 15) is 0 Å². The summed E-state index contributed by atoms with van der Waals surface area (Å²) in [6.07, 6.45) is 1.82. The molecule has 4 nitrogen and oxygen atoms in total. The van der Waals surface area contributed by atoms with Gasteiger partial charge in [-0.05, 0) is 0 Å². The first-order valence-corrected chi connectivity index (χ1v) is 9.16. The molecule has 0 fully saturated rings. The maximum absolute atomic E-state index is 4.91. The molecule has 0 N–H and O–H groups in total. The van der Waals surface area contributed by atoms with Gasteiger partial charge in [0.2, 0.25) is 0 Å². The van der Waals surface area contributed by atoms with Crippen LogP contribution >= 0.6 is 0 Å². The Morgan fingerprint density at radius 3 is 2.48 bits per heavy atom. The molecule has 0 aliphatic heterocycles. The topological polar surface area (TPSA) is 35.6 Å². The van der Waals surface area contributed by atoms with Crippen molar-refractivity contribution in [3.63, 3.8) is 0 Å². The molecule has 3 aromatic heterocycles. The normalized spacial score (nSPS) is 11.4. The molecule has 2 aromatic carbocycles. The van der Waals surface area contributed by atoms with Gasteiger partial charge in [-0.15, -0.1) is 0 Å². The Bertz CT molecular complexity index is 1200. The summed E-state index contributed by atoms with van der Waals surface area (Å²) in [5, 5.41) is 1.22. The summed E-state index contributed by atoms with van der Waals surface area (Å²) in [7, 11) is 0. The number of nitrogens with zero attached hydrogens (tertiary/aromatic N) is 4. The molecule has 116 valence electrons. The predicted octanol–water partition coefficient (Wildman–Crippen LogP) is 3.97. The van der Waals surface area contributed by atoms with E-state index < -0.39 is 0 Å². The van der Waals surface area contributed by atoms with E-state index in [0.29, 0.717) is 0 Å². The van der Waals surface area contributed by atoms with E-state index >= 15 is 0 Å². The molecule has 2 radical (unpaired) electrons. The van der Waals surface area contributed by atoms with Crippen LogP contribution in [0.5, 0.6) is 0 Å². The fourth-order valence-electron chi connectivity index (χ4n) is 3.25. The first-order valence-electron chi connectivity index (χ1n) is 8.08. The van der Waals surface area contributed by atoms with Gasteiger partial charge in [0.15, 0.2) is 0 Å². The Hall–Kier alpha value is -2.76. The second kappa shape index (κ2) is 5.65. The van der Waals surface area contributed by atoms with Crippen molar-refractivity contribution in [3.05, 3.63) is 79.0 Å². The zero-order valence-electron chi connectivity index (χ0n) is 13.4. The van der Waals surface area contributed by atoms with E-state index in [-0.39, 0.29) is 0 Å². The predicted molar refractivity (Wildman–Crippen MR) is 101 cm³/mol. The second-order valence-corrected chi connectivity index (χ2v) is 6.99. The summed E-state index contributed by atoms with van der Waals surface area (Å²) in [6, 6.07) is 24.9. The average molecular weight is 379 g/mol. The van der Waals surface area contributed by atoms with Crippen LogP contribution in [0, 0.1) is 0 Å². The van der Waals surface area contributed by atoms with Crippen molar-refractivity contribution in [1.82, 2.24) is 17.8 Å². The molecule has 5 rings (SSSR count). The molecule has 0 unspecified atom stereocenters. The molecule has 0 saturated carbocycles. The molecule has 25 heavy (non-hydrogen) atoms. The summed E-state index contributed by atoms with van der Waals surface area (Å²) >= 11 is 1.55. The van der Waals surface area contributed by atoms with Crippen LogP contribution < -0.4 is 0 Å². The number of para-hydroxylation sites is 2. The Morgan fingerprint density at radius 1 is 0.840 bits per heavy atom. The Morgan fingerprint density at radius 2 is 1.64 bits per heavy atom. The number of benzene rings is 2. The first kappa shape index (κ1) is 14.6. The molecule has 0 aliphatic carbocycles. The number of hydrogen-bond acceptors (Lipinski definition) is 2. The van der Waals surface area contributed by atoms with E-state index in [0.717, 1.165) is 28.4 Å². The molecule has 0 atom stereocenters. The molecule has 0 aliphatic rings. The van der Waals surface area contributed by atoms with Gasteiger partial charge in [0.05, 0.1) is 0 Å². The van der Waals surface area contributed by atoms with E-state index in [1.165, 1.54) is 10.9 Å².